The molecule has 0 aliphatic carbocycles. The number of aryl methyl sites for hydroxylation is 1. The molecule has 148 valence electrons. The topological polar surface area (TPSA) is 93.3 Å². The third kappa shape index (κ3) is 4.83. The lowest BCUT2D eigenvalue weighted by Gasteiger charge is -2.09. The minimum absolute atomic E-state index is 0.180. The van der Waals surface area contributed by atoms with Crippen LogP contribution in [0.15, 0.2) is 53.1 Å². The second-order valence-corrected chi connectivity index (χ2v) is 8.46. The molecule has 0 saturated carbocycles. The van der Waals surface area contributed by atoms with E-state index in [2.05, 4.69) is 10.0 Å². The third-order valence-electron chi connectivity index (χ3n) is 4.40. The van der Waals surface area contributed by atoms with Crippen molar-refractivity contribution in [3.05, 3.63) is 77.0 Å². The summed E-state index contributed by atoms with van der Waals surface area (Å²) in [4.78, 5) is 12.7. The molecule has 3 rings (SSSR count). The van der Waals surface area contributed by atoms with Crippen molar-refractivity contribution in [1.29, 1.82) is 0 Å². The van der Waals surface area contributed by atoms with E-state index in [1.807, 2.05) is 42.7 Å². The zero-order valence-electron chi connectivity index (χ0n) is 16.0. The first kappa shape index (κ1) is 19.8. The molecule has 0 aliphatic heterocycles. The number of sulfonamides is 1. The number of nitrogens with zero attached hydrogens (tertiary/aromatic N) is 1. The first-order valence-electron chi connectivity index (χ1n) is 8.77. The molecule has 2 heterocycles. The van der Waals surface area contributed by atoms with Crippen molar-refractivity contribution >= 4 is 21.6 Å². The van der Waals surface area contributed by atoms with E-state index in [1.54, 1.807) is 24.5 Å². The van der Waals surface area contributed by atoms with Crippen molar-refractivity contribution in [2.45, 2.75) is 26.9 Å². The van der Waals surface area contributed by atoms with Crippen molar-refractivity contribution < 1.29 is 17.6 Å². The molecule has 2 aromatic heterocycles. The molecule has 0 unspecified atom stereocenters. The SMILES string of the molecule is Cc1cc(C(=O)NCc2cccc(NS(C)(=O)=O)c2)c(C)n1Cc1ccco1. The van der Waals surface area contributed by atoms with Crippen LogP contribution in [0, 0.1) is 13.8 Å². The van der Waals surface area contributed by atoms with Gasteiger partial charge in [0.05, 0.1) is 24.6 Å². The fourth-order valence-electron chi connectivity index (χ4n) is 3.07. The Morgan fingerprint density at radius 2 is 1.93 bits per heavy atom. The maximum atomic E-state index is 12.7. The molecule has 2 N–H and O–H groups in total. The number of rotatable bonds is 7. The Morgan fingerprint density at radius 3 is 2.61 bits per heavy atom. The van der Waals surface area contributed by atoms with Gasteiger partial charge in [-0.1, -0.05) is 12.1 Å². The minimum atomic E-state index is -3.35. The molecule has 3 aromatic rings. The number of amides is 1. The normalized spacial score (nSPS) is 11.4. The van der Waals surface area contributed by atoms with Gasteiger partial charge in [-0.25, -0.2) is 8.42 Å². The Balaban J connectivity index is 1.69. The Labute approximate surface area is 164 Å². The molecule has 1 amide bonds. The number of hydrogen-bond acceptors (Lipinski definition) is 4. The number of aromatic nitrogens is 1. The lowest BCUT2D eigenvalue weighted by atomic mass is 10.2. The Morgan fingerprint density at radius 1 is 1.14 bits per heavy atom. The number of carbonyl (C=O) groups excluding carboxylic acids is 1. The summed E-state index contributed by atoms with van der Waals surface area (Å²) >= 11 is 0. The Kier molecular flexibility index (Phi) is 5.60. The quantitative estimate of drug-likeness (QED) is 0.636. The van der Waals surface area contributed by atoms with Crippen LogP contribution in [0.25, 0.3) is 0 Å². The number of carbonyl (C=O) groups is 1. The summed E-state index contributed by atoms with van der Waals surface area (Å²) in [6, 6.07) is 12.5. The highest BCUT2D eigenvalue weighted by Gasteiger charge is 2.16. The standard InChI is InChI=1S/C20H23N3O4S/c1-14-10-19(15(2)23(14)13-18-8-5-9-27-18)20(24)21-12-16-6-4-7-17(11-16)22-28(3,25)26/h4-11,22H,12-13H2,1-3H3,(H,21,24). The average molecular weight is 401 g/mol. The van der Waals surface area contributed by atoms with Gasteiger partial charge in [0.2, 0.25) is 10.0 Å². The zero-order valence-corrected chi connectivity index (χ0v) is 16.8. The molecule has 7 nitrogen and oxygen atoms in total. The molecule has 1 aromatic carbocycles. The highest BCUT2D eigenvalue weighted by Crippen LogP contribution is 2.18. The molecule has 8 heteroatoms. The van der Waals surface area contributed by atoms with Gasteiger partial charge < -0.3 is 14.3 Å². The van der Waals surface area contributed by atoms with Gasteiger partial charge in [-0.2, -0.15) is 0 Å². The molecule has 0 atom stereocenters. The average Bonchev–Trinajstić information content (AvgIpc) is 3.22. The number of nitrogens with one attached hydrogen (secondary N) is 2. The van der Waals surface area contributed by atoms with E-state index < -0.39 is 10.0 Å². The lowest BCUT2D eigenvalue weighted by molar-refractivity contribution is 0.0950. The van der Waals surface area contributed by atoms with Gasteiger partial charge in [-0.05, 0) is 49.7 Å². The van der Waals surface area contributed by atoms with Gasteiger partial charge in [0.1, 0.15) is 5.76 Å². The van der Waals surface area contributed by atoms with Crippen LogP contribution < -0.4 is 10.0 Å². The van der Waals surface area contributed by atoms with E-state index in [0.717, 1.165) is 29.0 Å². The molecule has 0 aliphatic rings. The second kappa shape index (κ2) is 7.93. The van der Waals surface area contributed by atoms with Gasteiger partial charge >= 0.3 is 0 Å². The van der Waals surface area contributed by atoms with Gasteiger partial charge in [0.15, 0.2) is 0 Å². The van der Waals surface area contributed by atoms with Gasteiger partial charge in [0.25, 0.3) is 5.91 Å². The highest BCUT2D eigenvalue weighted by atomic mass is 32.2. The van der Waals surface area contributed by atoms with Crippen LogP contribution in [0.2, 0.25) is 0 Å². The monoisotopic (exact) mass is 401 g/mol. The molecule has 0 saturated heterocycles. The fraction of sp³-hybridized carbons (Fsp3) is 0.250. The molecular weight excluding hydrogens is 378 g/mol. The summed E-state index contributed by atoms with van der Waals surface area (Å²) in [7, 11) is -3.35. The predicted molar refractivity (Wildman–Crippen MR) is 108 cm³/mol. The smallest absolute Gasteiger partial charge is 0.253 e. The van der Waals surface area contributed by atoms with E-state index in [9.17, 15) is 13.2 Å². The van der Waals surface area contributed by atoms with E-state index >= 15 is 0 Å². The van der Waals surface area contributed by atoms with Crippen LogP contribution in [0.4, 0.5) is 5.69 Å². The van der Waals surface area contributed by atoms with Crippen molar-refractivity contribution in [3.63, 3.8) is 0 Å². The summed E-state index contributed by atoms with van der Waals surface area (Å²) in [5.41, 5.74) is 3.70. The maximum Gasteiger partial charge on any atom is 0.253 e. The van der Waals surface area contributed by atoms with Gasteiger partial charge in [-0.3, -0.25) is 9.52 Å². The van der Waals surface area contributed by atoms with Crippen LogP contribution in [-0.4, -0.2) is 25.1 Å². The third-order valence-corrected chi connectivity index (χ3v) is 5.00. The molecular formula is C20H23N3O4S. The van der Waals surface area contributed by atoms with Crippen LogP contribution in [0.1, 0.15) is 33.1 Å². The number of hydrogen-bond donors (Lipinski definition) is 2. The second-order valence-electron chi connectivity index (χ2n) is 6.71. The van der Waals surface area contributed by atoms with Crippen molar-refractivity contribution in [1.82, 2.24) is 9.88 Å². The van der Waals surface area contributed by atoms with Crippen molar-refractivity contribution in [2.75, 3.05) is 11.0 Å². The molecule has 0 radical (unpaired) electrons. The molecule has 0 spiro atoms. The Hall–Kier alpha value is -3.00. The number of benzene rings is 1. The summed E-state index contributed by atoms with van der Waals surface area (Å²) in [6.07, 6.45) is 2.73. The zero-order chi connectivity index (χ0) is 20.3. The first-order valence-corrected chi connectivity index (χ1v) is 10.7. The van der Waals surface area contributed by atoms with E-state index in [0.29, 0.717) is 24.3 Å². The molecule has 0 fully saturated rings. The summed E-state index contributed by atoms with van der Waals surface area (Å²) in [5.74, 6) is 0.643. The highest BCUT2D eigenvalue weighted by molar-refractivity contribution is 7.92. The van der Waals surface area contributed by atoms with Crippen LogP contribution in [0.3, 0.4) is 0 Å². The van der Waals surface area contributed by atoms with Crippen LogP contribution >= 0.6 is 0 Å². The largest absolute Gasteiger partial charge is 0.467 e. The van der Waals surface area contributed by atoms with Crippen LogP contribution in [0.5, 0.6) is 0 Å². The summed E-state index contributed by atoms with van der Waals surface area (Å²) in [6.45, 7) is 4.71. The van der Waals surface area contributed by atoms with Crippen molar-refractivity contribution in [3.8, 4) is 0 Å². The molecule has 0 bridgehead atoms. The van der Waals surface area contributed by atoms with Gasteiger partial charge in [0, 0.05) is 23.6 Å². The Bertz CT molecular complexity index is 1080. The van der Waals surface area contributed by atoms with Crippen molar-refractivity contribution in [2.24, 2.45) is 0 Å². The van der Waals surface area contributed by atoms with E-state index in [4.69, 9.17) is 4.42 Å². The van der Waals surface area contributed by atoms with E-state index in [1.165, 1.54) is 0 Å². The minimum Gasteiger partial charge on any atom is -0.467 e. The number of anilines is 1. The van der Waals surface area contributed by atoms with E-state index in [-0.39, 0.29) is 5.91 Å². The van der Waals surface area contributed by atoms with Gasteiger partial charge in [-0.15, -0.1) is 0 Å². The number of furan rings is 1. The first-order chi connectivity index (χ1) is 13.2. The predicted octanol–water partition coefficient (Wildman–Crippen LogP) is 3.05. The summed E-state index contributed by atoms with van der Waals surface area (Å²) < 4.78 is 32.6. The summed E-state index contributed by atoms with van der Waals surface area (Å²) in [5, 5.41) is 2.89. The maximum absolute atomic E-state index is 12.7. The fourth-order valence-corrected chi connectivity index (χ4v) is 3.62. The lowest BCUT2D eigenvalue weighted by Crippen LogP contribution is -2.23. The van der Waals surface area contributed by atoms with Crippen LogP contribution in [-0.2, 0) is 23.1 Å². The molecule has 28 heavy (non-hydrogen) atoms.